The number of fused-ring (bicyclic) bond motifs is 3. The van der Waals surface area contributed by atoms with Gasteiger partial charge in [-0.15, -0.1) is 0 Å². The molecule has 2 aromatic heterocycles. The Labute approximate surface area is 195 Å². The summed E-state index contributed by atoms with van der Waals surface area (Å²) in [6.07, 6.45) is 0. The van der Waals surface area contributed by atoms with Crippen LogP contribution in [0.3, 0.4) is 0 Å². The molecular weight excluding hydrogens is 455 g/mol. The molecule has 0 spiro atoms. The first kappa shape index (κ1) is 21.8. The zero-order chi connectivity index (χ0) is 24.7. The summed E-state index contributed by atoms with van der Waals surface area (Å²) in [6, 6.07) is 17.5. The van der Waals surface area contributed by atoms with E-state index in [9.17, 15) is 23.6 Å². The van der Waals surface area contributed by atoms with Crippen LogP contribution < -0.4 is 22.3 Å². The maximum atomic E-state index is 13.5. The monoisotopic (exact) mass is 472 g/mol. The number of nitrogens with zero attached hydrogens (tertiary/aromatic N) is 2. The number of halogens is 1. The van der Waals surface area contributed by atoms with Crippen LogP contribution in [-0.2, 0) is 11.3 Å². The largest absolute Gasteiger partial charge is 0.449 e. The third-order valence-corrected chi connectivity index (χ3v) is 5.50. The summed E-state index contributed by atoms with van der Waals surface area (Å²) in [5.41, 5.74) is 4.92. The first-order chi connectivity index (χ1) is 16.8. The van der Waals surface area contributed by atoms with E-state index in [1.54, 1.807) is 24.3 Å². The lowest BCUT2D eigenvalue weighted by Gasteiger charge is -2.12. The summed E-state index contributed by atoms with van der Waals surface area (Å²) >= 11 is 0. The number of rotatable bonds is 5. The molecule has 9 nitrogen and oxygen atoms in total. The van der Waals surface area contributed by atoms with Crippen LogP contribution in [0.4, 0.5) is 10.1 Å². The summed E-state index contributed by atoms with van der Waals surface area (Å²) < 4.78 is 21.2. The minimum absolute atomic E-state index is 0.117. The highest BCUT2D eigenvalue weighted by Gasteiger charge is 2.22. The fourth-order valence-electron chi connectivity index (χ4n) is 3.88. The number of anilines is 1. The fourth-order valence-corrected chi connectivity index (χ4v) is 3.88. The summed E-state index contributed by atoms with van der Waals surface area (Å²) in [6.45, 7) is -0.447. The molecule has 0 atom stereocenters. The minimum Gasteiger partial charge on any atom is -0.449 e. The molecule has 0 bridgehead atoms. The smallest absolute Gasteiger partial charge is 0.336 e. The number of hydrogen-bond donors (Lipinski definition) is 2. The number of hydrogen-bond acceptors (Lipinski definition) is 5. The van der Waals surface area contributed by atoms with Gasteiger partial charge in [-0.3, -0.25) is 19.0 Å². The second-order valence-corrected chi connectivity index (χ2v) is 7.75. The molecule has 0 unspecified atom stereocenters. The van der Waals surface area contributed by atoms with Crippen molar-refractivity contribution in [3.05, 3.63) is 105 Å². The van der Waals surface area contributed by atoms with Crippen LogP contribution in [0.15, 0.2) is 86.8 Å². The van der Waals surface area contributed by atoms with Gasteiger partial charge < -0.3 is 15.5 Å². The SMILES string of the molecule is NC(=O)c1ccc(NC(=O)Cn2c(=O)n(-c3ccc(F)cc3)c(=O)c3oc4ccccc4c32)cc1. The molecule has 10 heteroatoms. The molecule has 0 aliphatic rings. The molecule has 0 aliphatic carbocycles. The molecule has 0 radical (unpaired) electrons. The Morgan fingerprint density at radius 1 is 0.943 bits per heavy atom. The van der Waals surface area contributed by atoms with Gasteiger partial charge in [0.1, 0.15) is 23.5 Å². The van der Waals surface area contributed by atoms with Crippen LogP contribution in [0.5, 0.6) is 0 Å². The Kier molecular flexibility index (Phi) is 5.25. The molecule has 0 aliphatic heterocycles. The van der Waals surface area contributed by atoms with Crippen molar-refractivity contribution in [2.45, 2.75) is 6.54 Å². The number of nitrogens with one attached hydrogen (secondary N) is 1. The highest BCUT2D eigenvalue weighted by molar-refractivity contribution is 6.03. The number of furan rings is 1. The van der Waals surface area contributed by atoms with E-state index in [1.165, 1.54) is 36.4 Å². The summed E-state index contributed by atoms with van der Waals surface area (Å²) in [7, 11) is 0. The van der Waals surface area contributed by atoms with E-state index in [0.717, 1.165) is 21.3 Å². The number of nitrogens with two attached hydrogens (primary N) is 1. The second-order valence-electron chi connectivity index (χ2n) is 7.75. The van der Waals surface area contributed by atoms with Crippen LogP contribution in [0.2, 0.25) is 0 Å². The lowest BCUT2D eigenvalue weighted by atomic mass is 10.2. The van der Waals surface area contributed by atoms with Gasteiger partial charge >= 0.3 is 11.2 Å². The molecule has 3 aromatic carbocycles. The van der Waals surface area contributed by atoms with Crippen LogP contribution in [0, 0.1) is 5.82 Å². The Morgan fingerprint density at radius 3 is 2.31 bits per heavy atom. The highest BCUT2D eigenvalue weighted by Crippen LogP contribution is 2.26. The standard InChI is InChI=1S/C25H17FN4O5/c26-15-7-11-17(12-8-15)30-24(33)22-21(18-3-1-2-4-19(18)35-22)29(25(30)34)13-20(31)28-16-9-5-14(6-10-16)23(27)32/h1-12H,13H2,(H2,27,32)(H,28,31). The van der Waals surface area contributed by atoms with Crippen LogP contribution in [-0.4, -0.2) is 20.9 Å². The van der Waals surface area contributed by atoms with Gasteiger partial charge in [0.05, 0.1) is 5.69 Å². The summed E-state index contributed by atoms with van der Waals surface area (Å²) in [5.74, 6) is -1.70. The maximum Gasteiger partial charge on any atom is 0.336 e. The van der Waals surface area contributed by atoms with Gasteiger partial charge in [-0.2, -0.15) is 0 Å². The van der Waals surface area contributed by atoms with Crippen molar-refractivity contribution >= 4 is 39.6 Å². The van der Waals surface area contributed by atoms with Gasteiger partial charge in [0.25, 0.3) is 0 Å². The first-order valence-electron chi connectivity index (χ1n) is 10.5. The van der Waals surface area contributed by atoms with Crippen molar-refractivity contribution in [1.82, 2.24) is 9.13 Å². The number of para-hydroxylation sites is 1. The van der Waals surface area contributed by atoms with Crippen molar-refractivity contribution in [1.29, 1.82) is 0 Å². The Morgan fingerprint density at radius 2 is 1.63 bits per heavy atom. The van der Waals surface area contributed by atoms with E-state index >= 15 is 0 Å². The molecule has 0 saturated heterocycles. The van der Waals surface area contributed by atoms with Crippen LogP contribution >= 0.6 is 0 Å². The number of carbonyl (C=O) groups is 2. The van der Waals surface area contributed by atoms with Crippen molar-refractivity contribution in [3.8, 4) is 5.69 Å². The number of amides is 2. The zero-order valence-corrected chi connectivity index (χ0v) is 18.0. The quantitative estimate of drug-likeness (QED) is 0.406. The third-order valence-electron chi connectivity index (χ3n) is 5.50. The van der Waals surface area contributed by atoms with Crippen molar-refractivity contribution in [2.24, 2.45) is 5.73 Å². The van der Waals surface area contributed by atoms with Crippen molar-refractivity contribution in [2.75, 3.05) is 5.32 Å². The molecule has 0 saturated carbocycles. The number of aromatic nitrogens is 2. The fraction of sp³-hybridized carbons (Fsp3) is 0.0400. The molecule has 2 amide bonds. The molecule has 174 valence electrons. The highest BCUT2D eigenvalue weighted by atomic mass is 19.1. The van der Waals surface area contributed by atoms with E-state index in [0.29, 0.717) is 16.7 Å². The molecule has 5 aromatic rings. The third kappa shape index (κ3) is 3.86. The normalized spacial score (nSPS) is 11.1. The van der Waals surface area contributed by atoms with Gasteiger partial charge in [0.15, 0.2) is 0 Å². The van der Waals surface area contributed by atoms with Gasteiger partial charge in [-0.1, -0.05) is 12.1 Å². The van der Waals surface area contributed by atoms with E-state index in [-0.39, 0.29) is 22.4 Å². The molecule has 0 fully saturated rings. The van der Waals surface area contributed by atoms with Gasteiger partial charge in [-0.25, -0.2) is 13.8 Å². The van der Waals surface area contributed by atoms with Crippen LogP contribution in [0.25, 0.3) is 27.8 Å². The number of carbonyl (C=O) groups excluding carboxylic acids is 2. The van der Waals surface area contributed by atoms with Crippen LogP contribution in [0.1, 0.15) is 10.4 Å². The molecule has 3 N–H and O–H groups in total. The van der Waals surface area contributed by atoms with E-state index in [1.807, 2.05) is 0 Å². The molecule has 2 heterocycles. The molecule has 35 heavy (non-hydrogen) atoms. The predicted octanol–water partition coefficient (Wildman–Crippen LogP) is 2.78. The summed E-state index contributed by atoms with van der Waals surface area (Å²) in [5, 5.41) is 3.14. The van der Waals surface area contributed by atoms with E-state index < -0.39 is 35.4 Å². The van der Waals surface area contributed by atoms with Crippen molar-refractivity contribution in [3.63, 3.8) is 0 Å². The first-order valence-corrected chi connectivity index (χ1v) is 10.5. The molecule has 5 rings (SSSR count). The lowest BCUT2D eigenvalue weighted by molar-refractivity contribution is -0.116. The van der Waals surface area contributed by atoms with Gasteiger partial charge in [0.2, 0.25) is 17.4 Å². The van der Waals surface area contributed by atoms with Crippen molar-refractivity contribution < 1.29 is 18.4 Å². The lowest BCUT2D eigenvalue weighted by Crippen LogP contribution is -2.40. The molecular formula is C25H17FN4O5. The maximum absolute atomic E-state index is 13.5. The average Bonchev–Trinajstić information content (AvgIpc) is 3.23. The minimum atomic E-state index is -0.792. The predicted molar refractivity (Wildman–Crippen MR) is 127 cm³/mol. The summed E-state index contributed by atoms with van der Waals surface area (Å²) in [4.78, 5) is 50.9. The van der Waals surface area contributed by atoms with E-state index in [4.69, 9.17) is 10.2 Å². The second kappa shape index (κ2) is 8.41. The van der Waals surface area contributed by atoms with E-state index in [2.05, 4.69) is 5.32 Å². The average molecular weight is 472 g/mol. The van der Waals surface area contributed by atoms with Gasteiger partial charge in [-0.05, 0) is 60.7 Å². The zero-order valence-electron chi connectivity index (χ0n) is 18.0. The Balaban J connectivity index is 1.65. The number of primary amides is 1. The number of benzene rings is 3. The topological polar surface area (TPSA) is 129 Å². The Bertz CT molecular complexity index is 1730. The van der Waals surface area contributed by atoms with Gasteiger partial charge in [0, 0.05) is 16.6 Å². The Hall–Kier alpha value is -4.99.